The molecule has 1 atom stereocenters. The third-order valence-corrected chi connectivity index (χ3v) is 2.83. The van der Waals surface area contributed by atoms with Crippen LogP contribution in [0.25, 0.3) is 0 Å². The van der Waals surface area contributed by atoms with Crippen molar-refractivity contribution in [3.8, 4) is 0 Å². The van der Waals surface area contributed by atoms with Gasteiger partial charge in [-0.2, -0.15) is 0 Å². The van der Waals surface area contributed by atoms with E-state index in [9.17, 15) is 14.7 Å². The van der Waals surface area contributed by atoms with Gasteiger partial charge in [0.15, 0.2) is 5.54 Å². The molecule has 0 radical (unpaired) electrons. The minimum absolute atomic E-state index is 0.293. The van der Waals surface area contributed by atoms with Crippen molar-refractivity contribution < 1.29 is 19.4 Å². The first kappa shape index (κ1) is 14.8. The number of rotatable bonds is 2. The maximum Gasteiger partial charge on any atom is 0.408 e. The van der Waals surface area contributed by atoms with E-state index in [0.29, 0.717) is 13.0 Å². The number of carboxylic acids is 1. The molecule has 6 nitrogen and oxygen atoms in total. The highest BCUT2D eigenvalue weighted by molar-refractivity contribution is 5.85. The number of nitrogens with zero attached hydrogens (tertiary/aromatic N) is 1. The Morgan fingerprint density at radius 3 is 2.44 bits per heavy atom. The van der Waals surface area contributed by atoms with E-state index in [1.54, 1.807) is 20.8 Å². The van der Waals surface area contributed by atoms with Crippen LogP contribution in [0.2, 0.25) is 0 Å². The van der Waals surface area contributed by atoms with Crippen LogP contribution in [0.1, 0.15) is 33.6 Å². The molecule has 0 saturated carbocycles. The molecule has 0 aromatic carbocycles. The van der Waals surface area contributed by atoms with E-state index in [1.165, 1.54) is 0 Å². The Bertz CT molecular complexity index is 337. The molecule has 0 spiro atoms. The van der Waals surface area contributed by atoms with Crippen LogP contribution in [0, 0.1) is 0 Å². The summed E-state index contributed by atoms with van der Waals surface area (Å²) < 4.78 is 5.12. The van der Waals surface area contributed by atoms with Gasteiger partial charge in [-0.15, -0.1) is 0 Å². The number of piperidine rings is 1. The minimum atomic E-state index is -1.24. The average Bonchev–Trinajstić information content (AvgIpc) is 2.13. The van der Waals surface area contributed by atoms with Crippen molar-refractivity contribution in [3.05, 3.63) is 0 Å². The third kappa shape index (κ3) is 3.87. The largest absolute Gasteiger partial charge is 0.479 e. The van der Waals surface area contributed by atoms with Gasteiger partial charge in [0, 0.05) is 6.54 Å². The van der Waals surface area contributed by atoms with Gasteiger partial charge in [-0.25, -0.2) is 9.59 Å². The summed E-state index contributed by atoms with van der Waals surface area (Å²) in [5.41, 5.74) is -1.88. The Labute approximate surface area is 107 Å². The quantitative estimate of drug-likeness (QED) is 0.774. The van der Waals surface area contributed by atoms with Gasteiger partial charge in [-0.1, -0.05) is 0 Å². The maximum atomic E-state index is 11.7. The van der Waals surface area contributed by atoms with E-state index in [-0.39, 0.29) is 0 Å². The number of likely N-dealkylation sites (N-methyl/N-ethyl adjacent to an activating group) is 1. The molecule has 0 bridgehead atoms. The second kappa shape index (κ2) is 5.14. The van der Waals surface area contributed by atoms with E-state index in [2.05, 4.69) is 5.32 Å². The molecule has 1 amide bonds. The SMILES string of the molecule is CN1CCCC(NC(=O)OC(C)(C)C)(C(=O)O)C1. The van der Waals surface area contributed by atoms with Crippen LogP contribution in [0.15, 0.2) is 0 Å². The van der Waals surface area contributed by atoms with E-state index < -0.39 is 23.2 Å². The Hall–Kier alpha value is -1.30. The molecule has 1 rings (SSSR count). The second-order valence-corrected chi connectivity index (χ2v) is 5.86. The number of ether oxygens (including phenoxy) is 1. The van der Waals surface area contributed by atoms with Crippen LogP contribution >= 0.6 is 0 Å². The van der Waals surface area contributed by atoms with Crippen molar-refractivity contribution in [2.75, 3.05) is 20.1 Å². The first-order valence-corrected chi connectivity index (χ1v) is 6.08. The predicted octanol–water partition coefficient (Wildman–Crippen LogP) is 1.06. The number of alkyl carbamates (subject to hydrolysis) is 1. The average molecular weight is 258 g/mol. The molecule has 6 heteroatoms. The number of nitrogens with one attached hydrogen (secondary N) is 1. The first-order chi connectivity index (χ1) is 8.15. The van der Waals surface area contributed by atoms with Crippen molar-refractivity contribution in [2.24, 2.45) is 0 Å². The molecular weight excluding hydrogens is 236 g/mol. The summed E-state index contributed by atoms with van der Waals surface area (Å²) in [5, 5.41) is 11.9. The topological polar surface area (TPSA) is 78.9 Å². The Balaban J connectivity index is 2.74. The molecule has 0 aliphatic carbocycles. The number of hydrogen-bond acceptors (Lipinski definition) is 4. The number of carbonyl (C=O) groups is 2. The number of hydrogen-bond donors (Lipinski definition) is 2. The van der Waals surface area contributed by atoms with E-state index in [4.69, 9.17) is 4.74 Å². The van der Waals surface area contributed by atoms with Crippen LogP contribution in [0.4, 0.5) is 4.79 Å². The highest BCUT2D eigenvalue weighted by Crippen LogP contribution is 2.21. The minimum Gasteiger partial charge on any atom is -0.479 e. The van der Waals surface area contributed by atoms with Crippen LogP contribution in [-0.4, -0.2) is 53.3 Å². The fraction of sp³-hybridized carbons (Fsp3) is 0.833. The summed E-state index contributed by atoms with van der Waals surface area (Å²) >= 11 is 0. The van der Waals surface area contributed by atoms with Crippen LogP contribution < -0.4 is 5.32 Å². The van der Waals surface area contributed by atoms with Gasteiger partial charge < -0.3 is 20.1 Å². The number of likely N-dealkylation sites (tertiary alicyclic amines) is 1. The number of amides is 1. The van der Waals surface area contributed by atoms with Crippen LogP contribution in [0.3, 0.4) is 0 Å². The van der Waals surface area contributed by atoms with Crippen molar-refractivity contribution in [1.29, 1.82) is 0 Å². The molecule has 18 heavy (non-hydrogen) atoms. The summed E-state index contributed by atoms with van der Waals surface area (Å²) in [5.74, 6) is -1.01. The fourth-order valence-electron chi connectivity index (χ4n) is 2.10. The Morgan fingerprint density at radius 1 is 1.39 bits per heavy atom. The molecule has 1 aliphatic rings. The molecule has 1 unspecified atom stereocenters. The van der Waals surface area contributed by atoms with Gasteiger partial charge in [-0.3, -0.25) is 0 Å². The standard InChI is InChI=1S/C12H22N2O4/c1-11(2,3)18-10(17)13-12(9(15)16)6-5-7-14(4)8-12/h5-8H2,1-4H3,(H,13,17)(H,15,16). The number of carbonyl (C=O) groups excluding carboxylic acids is 1. The van der Waals surface area contributed by atoms with Gasteiger partial charge >= 0.3 is 12.1 Å². The van der Waals surface area contributed by atoms with E-state index in [0.717, 1.165) is 13.0 Å². The molecule has 1 heterocycles. The monoisotopic (exact) mass is 258 g/mol. The van der Waals surface area contributed by atoms with Gasteiger partial charge in [0.1, 0.15) is 5.60 Å². The lowest BCUT2D eigenvalue weighted by molar-refractivity contribution is -0.147. The first-order valence-electron chi connectivity index (χ1n) is 6.08. The fourth-order valence-corrected chi connectivity index (χ4v) is 2.10. The lowest BCUT2D eigenvalue weighted by Crippen LogP contribution is -2.63. The zero-order valence-corrected chi connectivity index (χ0v) is 11.4. The zero-order chi connectivity index (χ0) is 14.0. The lowest BCUT2D eigenvalue weighted by atomic mass is 9.89. The molecule has 104 valence electrons. The van der Waals surface area contributed by atoms with E-state index in [1.807, 2.05) is 11.9 Å². The number of aliphatic carboxylic acids is 1. The van der Waals surface area contributed by atoms with Crippen LogP contribution in [0.5, 0.6) is 0 Å². The smallest absolute Gasteiger partial charge is 0.408 e. The van der Waals surface area contributed by atoms with Gasteiger partial charge in [0.05, 0.1) is 0 Å². The molecular formula is C12H22N2O4. The van der Waals surface area contributed by atoms with Gasteiger partial charge in [0.25, 0.3) is 0 Å². The molecule has 0 aromatic rings. The summed E-state index contributed by atoms with van der Waals surface area (Å²) in [6.07, 6.45) is 0.477. The zero-order valence-electron chi connectivity index (χ0n) is 11.4. The summed E-state index contributed by atoms with van der Waals surface area (Å²) in [7, 11) is 1.84. The lowest BCUT2D eigenvalue weighted by Gasteiger charge is -2.38. The summed E-state index contributed by atoms with van der Waals surface area (Å²) in [4.78, 5) is 25.1. The Kier molecular flexibility index (Phi) is 4.21. The highest BCUT2D eigenvalue weighted by Gasteiger charge is 2.43. The van der Waals surface area contributed by atoms with Crippen molar-refractivity contribution in [1.82, 2.24) is 10.2 Å². The highest BCUT2D eigenvalue weighted by atomic mass is 16.6. The molecule has 1 aliphatic heterocycles. The summed E-state index contributed by atoms with van der Waals surface area (Å²) in [6.45, 7) is 6.36. The summed E-state index contributed by atoms with van der Waals surface area (Å²) in [6, 6.07) is 0. The van der Waals surface area contributed by atoms with E-state index >= 15 is 0 Å². The predicted molar refractivity (Wildman–Crippen MR) is 66.5 cm³/mol. The maximum absolute atomic E-state index is 11.7. The molecule has 2 N–H and O–H groups in total. The normalized spacial score (nSPS) is 25.6. The van der Waals surface area contributed by atoms with Crippen molar-refractivity contribution in [3.63, 3.8) is 0 Å². The Morgan fingerprint density at radius 2 is 2.00 bits per heavy atom. The molecule has 0 aromatic heterocycles. The van der Waals surface area contributed by atoms with Crippen LogP contribution in [-0.2, 0) is 9.53 Å². The third-order valence-electron chi connectivity index (χ3n) is 2.83. The van der Waals surface area contributed by atoms with Gasteiger partial charge in [-0.05, 0) is 47.2 Å². The molecule has 1 fully saturated rings. The van der Waals surface area contributed by atoms with Crippen molar-refractivity contribution >= 4 is 12.1 Å². The number of carboxylic acid groups (broad SMARTS) is 1. The second-order valence-electron chi connectivity index (χ2n) is 5.86. The van der Waals surface area contributed by atoms with Gasteiger partial charge in [0.2, 0.25) is 0 Å². The molecule has 1 saturated heterocycles. The van der Waals surface area contributed by atoms with Crippen molar-refractivity contribution in [2.45, 2.75) is 44.8 Å².